The molecule has 106 valence electrons. The predicted octanol–water partition coefficient (Wildman–Crippen LogP) is 1.28. The fourth-order valence-corrected chi connectivity index (χ4v) is 1.29. The van der Waals surface area contributed by atoms with E-state index in [1.54, 1.807) is 25.4 Å². The number of hydrogen-bond acceptors (Lipinski definition) is 5. The summed E-state index contributed by atoms with van der Waals surface area (Å²) in [5.41, 5.74) is -0.503. The van der Waals surface area contributed by atoms with E-state index in [0.29, 0.717) is 13.2 Å². The normalized spacial score (nSPS) is 13.8. The Bertz CT molecular complexity index is 406. The van der Waals surface area contributed by atoms with Crippen molar-refractivity contribution in [1.29, 1.82) is 0 Å². The van der Waals surface area contributed by atoms with Gasteiger partial charge in [0, 0.05) is 19.4 Å². The molecule has 0 amide bonds. The molecule has 0 bridgehead atoms. The van der Waals surface area contributed by atoms with Gasteiger partial charge in [0.2, 0.25) is 11.5 Å². The fraction of sp³-hybridized carbons (Fsp3) is 0.538. The van der Waals surface area contributed by atoms with Crippen LogP contribution in [0.4, 0.5) is 0 Å². The molecule has 0 spiro atoms. The van der Waals surface area contributed by atoms with E-state index in [2.05, 4.69) is 4.98 Å². The molecule has 1 rings (SSSR count). The van der Waals surface area contributed by atoms with Crippen LogP contribution in [0, 0.1) is 6.92 Å². The van der Waals surface area contributed by atoms with E-state index in [1.165, 1.54) is 6.92 Å². The van der Waals surface area contributed by atoms with Crippen LogP contribution in [0.3, 0.4) is 0 Å². The monoisotopic (exact) mass is 269 g/mol. The molecule has 0 aliphatic rings. The lowest BCUT2D eigenvalue weighted by molar-refractivity contribution is -0.159. The SMILES string of the molecule is COCCOCC(C)(Oc1ccc(C)cn1)C(=O)O. The third-order valence-corrected chi connectivity index (χ3v) is 2.48. The maximum atomic E-state index is 11.3. The van der Waals surface area contributed by atoms with Crippen LogP contribution < -0.4 is 4.74 Å². The largest absolute Gasteiger partial charge is 0.478 e. The number of carboxylic acid groups (broad SMARTS) is 1. The molecule has 0 aliphatic heterocycles. The lowest BCUT2D eigenvalue weighted by Crippen LogP contribution is -2.46. The molecular formula is C13H19NO5. The Morgan fingerprint density at radius 2 is 2.16 bits per heavy atom. The number of aryl methyl sites for hydroxylation is 1. The molecule has 1 N–H and O–H groups in total. The summed E-state index contributed by atoms with van der Waals surface area (Å²) < 4.78 is 15.5. The number of hydrogen-bond donors (Lipinski definition) is 1. The van der Waals surface area contributed by atoms with E-state index in [0.717, 1.165) is 5.56 Å². The van der Waals surface area contributed by atoms with Crippen LogP contribution in [-0.2, 0) is 14.3 Å². The summed E-state index contributed by atoms with van der Waals surface area (Å²) in [6.45, 7) is 3.97. The minimum atomic E-state index is -1.48. The highest BCUT2D eigenvalue weighted by Gasteiger charge is 2.36. The summed E-state index contributed by atoms with van der Waals surface area (Å²) in [5.74, 6) is -0.849. The number of aromatic nitrogens is 1. The van der Waals surface area contributed by atoms with E-state index in [9.17, 15) is 9.90 Å². The summed E-state index contributed by atoms with van der Waals surface area (Å²) >= 11 is 0. The number of carbonyl (C=O) groups is 1. The third-order valence-electron chi connectivity index (χ3n) is 2.48. The number of rotatable bonds is 8. The smallest absolute Gasteiger partial charge is 0.350 e. The number of methoxy groups -OCH3 is 1. The van der Waals surface area contributed by atoms with Crippen molar-refractivity contribution in [3.63, 3.8) is 0 Å². The number of aliphatic carboxylic acids is 1. The first-order chi connectivity index (χ1) is 8.98. The molecule has 1 aromatic rings. The van der Waals surface area contributed by atoms with E-state index in [4.69, 9.17) is 14.2 Å². The average Bonchev–Trinajstić information content (AvgIpc) is 2.37. The van der Waals surface area contributed by atoms with Crippen LogP contribution in [0.25, 0.3) is 0 Å². The van der Waals surface area contributed by atoms with Gasteiger partial charge in [0.05, 0.1) is 19.8 Å². The highest BCUT2D eigenvalue weighted by Crippen LogP contribution is 2.17. The summed E-state index contributed by atoms with van der Waals surface area (Å²) in [6, 6.07) is 3.43. The Labute approximate surface area is 112 Å². The van der Waals surface area contributed by atoms with Crippen molar-refractivity contribution in [2.45, 2.75) is 19.4 Å². The van der Waals surface area contributed by atoms with Gasteiger partial charge in [0.15, 0.2) is 0 Å². The number of pyridine rings is 1. The first-order valence-corrected chi connectivity index (χ1v) is 5.89. The standard InChI is InChI=1S/C13H19NO5/c1-10-4-5-11(14-8-10)19-13(2,12(15)16)9-18-7-6-17-3/h4-5,8H,6-7,9H2,1-3H3,(H,15,16). The third kappa shape index (κ3) is 4.84. The molecule has 6 heteroatoms. The topological polar surface area (TPSA) is 77.9 Å². The van der Waals surface area contributed by atoms with Crippen LogP contribution in [0.1, 0.15) is 12.5 Å². The molecule has 0 radical (unpaired) electrons. The molecule has 1 heterocycles. The highest BCUT2D eigenvalue weighted by atomic mass is 16.6. The van der Waals surface area contributed by atoms with Gasteiger partial charge in [0.25, 0.3) is 0 Å². The van der Waals surface area contributed by atoms with E-state index < -0.39 is 11.6 Å². The van der Waals surface area contributed by atoms with Gasteiger partial charge in [-0.25, -0.2) is 9.78 Å². The second-order valence-electron chi connectivity index (χ2n) is 4.36. The molecule has 19 heavy (non-hydrogen) atoms. The molecule has 0 aromatic carbocycles. The maximum absolute atomic E-state index is 11.3. The first kappa shape index (κ1) is 15.4. The van der Waals surface area contributed by atoms with Crippen LogP contribution in [0.2, 0.25) is 0 Å². The molecular weight excluding hydrogens is 250 g/mol. The minimum absolute atomic E-state index is 0.0821. The van der Waals surface area contributed by atoms with E-state index in [1.807, 2.05) is 6.92 Å². The Morgan fingerprint density at radius 3 is 2.68 bits per heavy atom. The van der Waals surface area contributed by atoms with Crippen molar-refractivity contribution in [3.05, 3.63) is 23.9 Å². The van der Waals surface area contributed by atoms with Gasteiger partial charge in [-0.05, 0) is 19.4 Å². The molecule has 1 aromatic heterocycles. The average molecular weight is 269 g/mol. The quantitative estimate of drug-likeness (QED) is 0.716. The molecule has 6 nitrogen and oxygen atoms in total. The molecule has 0 fully saturated rings. The van der Waals surface area contributed by atoms with Crippen LogP contribution in [-0.4, -0.2) is 48.6 Å². The number of carboxylic acids is 1. The van der Waals surface area contributed by atoms with Crippen LogP contribution >= 0.6 is 0 Å². The number of nitrogens with zero attached hydrogens (tertiary/aromatic N) is 1. The molecule has 1 unspecified atom stereocenters. The fourth-order valence-electron chi connectivity index (χ4n) is 1.29. The van der Waals surface area contributed by atoms with Gasteiger partial charge in [-0.2, -0.15) is 0 Å². The second-order valence-corrected chi connectivity index (χ2v) is 4.36. The zero-order valence-corrected chi connectivity index (χ0v) is 11.4. The Balaban J connectivity index is 2.65. The maximum Gasteiger partial charge on any atom is 0.350 e. The van der Waals surface area contributed by atoms with Crippen molar-refractivity contribution in [2.24, 2.45) is 0 Å². The first-order valence-electron chi connectivity index (χ1n) is 5.89. The van der Waals surface area contributed by atoms with Crippen molar-refractivity contribution >= 4 is 5.97 Å². The van der Waals surface area contributed by atoms with Crippen LogP contribution in [0.5, 0.6) is 5.88 Å². The van der Waals surface area contributed by atoms with Crippen molar-refractivity contribution < 1.29 is 24.1 Å². The zero-order chi connectivity index (χ0) is 14.3. The minimum Gasteiger partial charge on any atom is -0.478 e. The summed E-state index contributed by atoms with van der Waals surface area (Å²) in [5, 5.41) is 9.24. The lowest BCUT2D eigenvalue weighted by Gasteiger charge is -2.25. The Hall–Kier alpha value is -1.66. The van der Waals surface area contributed by atoms with Gasteiger partial charge in [-0.1, -0.05) is 6.07 Å². The van der Waals surface area contributed by atoms with Crippen molar-refractivity contribution in [3.8, 4) is 5.88 Å². The van der Waals surface area contributed by atoms with Crippen molar-refractivity contribution in [2.75, 3.05) is 26.9 Å². The highest BCUT2D eigenvalue weighted by molar-refractivity contribution is 5.77. The number of ether oxygens (including phenoxy) is 3. The van der Waals surface area contributed by atoms with Gasteiger partial charge in [0.1, 0.15) is 0 Å². The van der Waals surface area contributed by atoms with E-state index >= 15 is 0 Å². The summed E-state index contributed by atoms with van der Waals surface area (Å²) in [7, 11) is 1.55. The Morgan fingerprint density at radius 1 is 1.42 bits per heavy atom. The molecule has 1 atom stereocenters. The van der Waals surface area contributed by atoms with Gasteiger partial charge >= 0.3 is 5.97 Å². The van der Waals surface area contributed by atoms with Gasteiger partial charge in [-0.15, -0.1) is 0 Å². The van der Waals surface area contributed by atoms with Gasteiger partial charge < -0.3 is 19.3 Å². The predicted molar refractivity (Wildman–Crippen MR) is 68.3 cm³/mol. The Kier molecular flexibility index (Phi) is 5.72. The zero-order valence-electron chi connectivity index (χ0n) is 11.4. The van der Waals surface area contributed by atoms with Crippen molar-refractivity contribution in [1.82, 2.24) is 4.98 Å². The second kappa shape index (κ2) is 7.06. The molecule has 0 saturated heterocycles. The lowest BCUT2D eigenvalue weighted by atomic mass is 10.1. The molecule has 0 saturated carbocycles. The van der Waals surface area contributed by atoms with E-state index in [-0.39, 0.29) is 12.5 Å². The van der Waals surface area contributed by atoms with Gasteiger partial charge in [-0.3, -0.25) is 0 Å². The summed E-state index contributed by atoms with van der Waals surface area (Å²) in [6.07, 6.45) is 1.61. The summed E-state index contributed by atoms with van der Waals surface area (Å²) in [4.78, 5) is 15.3. The van der Waals surface area contributed by atoms with Crippen LogP contribution in [0.15, 0.2) is 18.3 Å². The molecule has 0 aliphatic carbocycles.